The third-order valence-corrected chi connectivity index (χ3v) is 4.18. The molecule has 1 atom stereocenters. The Bertz CT molecular complexity index is 687. The number of aromatic nitrogens is 1. The Kier molecular flexibility index (Phi) is 5.78. The van der Waals surface area contributed by atoms with Crippen LogP contribution in [0.4, 0.5) is 0 Å². The van der Waals surface area contributed by atoms with Gasteiger partial charge >= 0.3 is 0 Å². The van der Waals surface area contributed by atoms with Gasteiger partial charge in [-0.1, -0.05) is 48.8 Å². The third-order valence-electron chi connectivity index (χ3n) is 4.18. The van der Waals surface area contributed by atoms with Crippen molar-refractivity contribution in [3.05, 3.63) is 52.4 Å². The molecule has 1 heterocycles. The number of hydrogen-bond acceptors (Lipinski definition) is 4. The van der Waals surface area contributed by atoms with E-state index >= 15 is 0 Å². The maximum Gasteiger partial charge on any atom is 0.256 e. The van der Waals surface area contributed by atoms with Crippen LogP contribution in [0.2, 0.25) is 0 Å². The molecule has 0 fully saturated rings. The zero-order valence-electron chi connectivity index (χ0n) is 15.4. The Morgan fingerprint density at radius 1 is 1.21 bits per heavy atom. The monoisotopic (exact) mass is 329 g/mol. The minimum atomic E-state index is -0.128. The van der Waals surface area contributed by atoms with Crippen molar-refractivity contribution in [3.8, 4) is 0 Å². The van der Waals surface area contributed by atoms with Crippen LogP contribution >= 0.6 is 0 Å². The number of benzene rings is 1. The standard InChI is InChI=1S/C19H27N3O2/c1-12(2)18-17(14(4)21-24-18)19(23)20-11-16(22(5)6)15-9-7-13(3)8-10-15/h7-10,12,16H,11H2,1-6H3,(H,20,23)/t16-/m1/s1. The minimum absolute atomic E-state index is 0.109. The molecule has 0 bridgehead atoms. The summed E-state index contributed by atoms with van der Waals surface area (Å²) in [4.78, 5) is 14.7. The summed E-state index contributed by atoms with van der Waals surface area (Å²) in [6.07, 6.45) is 0. The SMILES string of the molecule is Cc1ccc([C@@H](CNC(=O)c2c(C)noc2C(C)C)N(C)C)cc1. The van der Waals surface area contributed by atoms with Gasteiger partial charge in [0.25, 0.3) is 5.91 Å². The van der Waals surface area contributed by atoms with Crippen LogP contribution in [-0.2, 0) is 0 Å². The molecule has 2 aromatic rings. The summed E-state index contributed by atoms with van der Waals surface area (Å²) in [7, 11) is 4.03. The first-order valence-electron chi connectivity index (χ1n) is 8.28. The van der Waals surface area contributed by atoms with Gasteiger partial charge in [-0.2, -0.15) is 0 Å². The summed E-state index contributed by atoms with van der Waals surface area (Å²) in [5.74, 6) is 0.631. The van der Waals surface area contributed by atoms with E-state index in [0.29, 0.717) is 23.6 Å². The topological polar surface area (TPSA) is 58.4 Å². The number of carbonyl (C=O) groups is 1. The second-order valence-electron chi connectivity index (χ2n) is 6.76. The lowest BCUT2D eigenvalue weighted by atomic mass is 10.0. The van der Waals surface area contributed by atoms with E-state index in [1.807, 2.05) is 27.9 Å². The van der Waals surface area contributed by atoms with Crippen LogP contribution in [0.5, 0.6) is 0 Å². The summed E-state index contributed by atoms with van der Waals surface area (Å²) in [6.45, 7) is 8.38. The Balaban J connectivity index is 2.14. The number of amides is 1. The molecule has 0 spiro atoms. The molecule has 1 N–H and O–H groups in total. The molecule has 1 aromatic heterocycles. The van der Waals surface area contributed by atoms with E-state index < -0.39 is 0 Å². The van der Waals surface area contributed by atoms with E-state index in [-0.39, 0.29) is 17.9 Å². The lowest BCUT2D eigenvalue weighted by Gasteiger charge is -2.25. The van der Waals surface area contributed by atoms with Gasteiger partial charge in [0.15, 0.2) is 5.76 Å². The average Bonchev–Trinajstić information content (AvgIpc) is 2.90. The van der Waals surface area contributed by atoms with E-state index in [0.717, 1.165) is 0 Å². The molecule has 5 heteroatoms. The first-order chi connectivity index (χ1) is 11.3. The van der Waals surface area contributed by atoms with Gasteiger partial charge < -0.3 is 14.7 Å². The number of nitrogens with one attached hydrogen (secondary N) is 1. The molecule has 0 aliphatic heterocycles. The van der Waals surface area contributed by atoms with E-state index in [2.05, 4.69) is 46.6 Å². The van der Waals surface area contributed by atoms with Crippen LogP contribution in [0.1, 0.15) is 58.7 Å². The van der Waals surface area contributed by atoms with E-state index in [9.17, 15) is 4.79 Å². The fraction of sp³-hybridized carbons (Fsp3) is 0.474. The molecule has 0 radical (unpaired) electrons. The summed E-state index contributed by atoms with van der Waals surface area (Å²) < 4.78 is 5.31. The number of hydrogen-bond donors (Lipinski definition) is 1. The van der Waals surface area contributed by atoms with Crippen LogP contribution in [0.3, 0.4) is 0 Å². The van der Waals surface area contributed by atoms with Crippen LogP contribution in [0, 0.1) is 13.8 Å². The maximum atomic E-state index is 12.6. The van der Waals surface area contributed by atoms with Crippen molar-refractivity contribution in [2.45, 2.75) is 39.7 Å². The first-order valence-corrected chi connectivity index (χ1v) is 8.28. The smallest absolute Gasteiger partial charge is 0.256 e. The first kappa shape index (κ1) is 18.2. The predicted octanol–water partition coefficient (Wildman–Crippen LogP) is 3.45. The number of carbonyl (C=O) groups excluding carboxylic acids is 1. The average molecular weight is 329 g/mol. The summed E-state index contributed by atoms with van der Waals surface area (Å²) in [5.41, 5.74) is 3.60. The van der Waals surface area contributed by atoms with Crippen molar-refractivity contribution in [2.75, 3.05) is 20.6 Å². The Labute approximate surface area is 144 Å². The van der Waals surface area contributed by atoms with Crippen LogP contribution < -0.4 is 5.32 Å². The van der Waals surface area contributed by atoms with Gasteiger partial charge in [0, 0.05) is 12.5 Å². The van der Waals surface area contributed by atoms with Crippen molar-refractivity contribution in [2.24, 2.45) is 0 Å². The fourth-order valence-corrected chi connectivity index (χ4v) is 2.72. The lowest BCUT2D eigenvalue weighted by molar-refractivity contribution is 0.0939. The largest absolute Gasteiger partial charge is 0.360 e. The lowest BCUT2D eigenvalue weighted by Crippen LogP contribution is -2.35. The van der Waals surface area contributed by atoms with Gasteiger partial charge in [-0.15, -0.1) is 0 Å². The molecule has 0 aliphatic carbocycles. The van der Waals surface area contributed by atoms with Gasteiger partial charge in [-0.3, -0.25) is 4.79 Å². The zero-order chi connectivity index (χ0) is 17.9. The zero-order valence-corrected chi connectivity index (χ0v) is 15.4. The minimum Gasteiger partial charge on any atom is -0.360 e. The van der Waals surface area contributed by atoms with Crippen molar-refractivity contribution in [1.82, 2.24) is 15.4 Å². The molecule has 24 heavy (non-hydrogen) atoms. The molecule has 0 saturated heterocycles. The van der Waals surface area contributed by atoms with E-state index in [1.165, 1.54) is 11.1 Å². The molecule has 1 aromatic carbocycles. The van der Waals surface area contributed by atoms with Crippen LogP contribution in [0.25, 0.3) is 0 Å². The number of nitrogens with zero attached hydrogens (tertiary/aromatic N) is 2. The van der Waals surface area contributed by atoms with Crippen molar-refractivity contribution < 1.29 is 9.32 Å². The molecule has 130 valence electrons. The fourth-order valence-electron chi connectivity index (χ4n) is 2.72. The summed E-state index contributed by atoms with van der Waals surface area (Å²) >= 11 is 0. The quantitative estimate of drug-likeness (QED) is 0.882. The van der Waals surface area contributed by atoms with Crippen molar-refractivity contribution >= 4 is 5.91 Å². The second-order valence-corrected chi connectivity index (χ2v) is 6.76. The maximum absolute atomic E-state index is 12.6. The normalized spacial score (nSPS) is 12.7. The highest BCUT2D eigenvalue weighted by Gasteiger charge is 2.23. The van der Waals surface area contributed by atoms with Crippen LogP contribution in [-0.4, -0.2) is 36.6 Å². The predicted molar refractivity (Wildman–Crippen MR) is 95.3 cm³/mol. The Morgan fingerprint density at radius 2 is 1.83 bits per heavy atom. The van der Waals surface area contributed by atoms with E-state index in [1.54, 1.807) is 6.92 Å². The van der Waals surface area contributed by atoms with E-state index in [4.69, 9.17) is 4.52 Å². The highest BCUT2D eigenvalue weighted by Crippen LogP contribution is 2.23. The van der Waals surface area contributed by atoms with Crippen molar-refractivity contribution in [1.29, 1.82) is 0 Å². The molecular formula is C19H27N3O2. The third kappa shape index (κ3) is 4.03. The number of rotatable bonds is 6. The van der Waals surface area contributed by atoms with Crippen LogP contribution in [0.15, 0.2) is 28.8 Å². The molecule has 1 amide bonds. The molecule has 0 unspecified atom stereocenters. The molecule has 5 nitrogen and oxygen atoms in total. The highest BCUT2D eigenvalue weighted by atomic mass is 16.5. The van der Waals surface area contributed by atoms with Gasteiger partial charge in [0.05, 0.1) is 11.7 Å². The number of likely N-dealkylation sites (N-methyl/N-ethyl adjacent to an activating group) is 1. The second kappa shape index (κ2) is 7.62. The van der Waals surface area contributed by atoms with Crippen molar-refractivity contribution in [3.63, 3.8) is 0 Å². The molecular weight excluding hydrogens is 302 g/mol. The summed E-state index contributed by atoms with van der Waals surface area (Å²) in [5, 5.41) is 6.98. The highest BCUT2D eigenvalue weighted by molar-refractivity contribution is 5.96. The van der Waals surface area contributed by atoms with Gasteiger partial charge in [-0.25, -0.2) is 0 Å². The van der Waals surface area contributed by atoms with Gasteiger partial charge in [0.2, 0.25) is 0 Å². The molecule has 2 rings (SSSR count). The molecule has 0 saturated carbocycles. The molecule has 0 aliphatic rings. The Morgan fingerprint density at radius 3 is 2.38 bits per heavy atom. The van der Waals surface area contributed by atoms with Gasteiger partial charge in [0.1, 0.15) is 5.56 Å². The summed E-state index contributed by atoms with van der Waals surface area (Å²) in [6, 6.07) is 8.51. The Hall–Kier alpha value is -2.14. The van der Waals surface area contributed by atoms with Gasteiger partial charge in [-0.05, 0) is 33.5 Å². The number of aryl methyl sites for hydroxylation is 2.